The summed E-state index contributed by atoms with van der Waals surface area (Å²) >= 11 is 5.14. The van der Waals surface area contributed by atoms with Crippen LogP contribution in [0.4, 0.5) is 0 Å². The summed E-state index contributed by atoms with van der Waals surface area (Å²) in [6, 6.07) is 0. The molecule has 0 aliphatic heterocycles. The zero-order valence-electron chi connectivity index (χ0n) is 2.39. The molecule has 0 saturated heterocycles. The predicted octanol–water partition coefficient (Wildman–Crippen LogP) is 0.355. The Labute approximate surface area is 43.9 Å². The molecule has 0 aromatic heterocycles. The van der Waals surface area contributed by atoms with E-state index in [4.69, 9.17) is 11.1 Å². The Morgan fingerprint density at radius 3 is 1.75 bits per heavy atom. The summed E-state index contributed by atoms with van der Waals surface area (Å²) in [5, 5.41) is 0. The minimum absolute atomic E-state index is 0. The first kappa shape index (κ1) is 8.90. The zero-order valence-corrected chi connectivity index (χ0v) is 5.50. The monoisotopic (exact) mass is 143 g/mol. The average Bonchev–Trinajstić information content (AvgIpc) is 0.918. The summed E-state index contributed by atoms with van der Waals surface area (Å²) in [5.74, 6) is 0. The molecule has 0 aliphatic rings. The van der Waals surface area contributed by atoms with Crippen molar-refractivity contribution in [3.8, 4) is 0 Å². The van der Waals surface area contributed by atoms with E-state index >= 15 is 0 Å². The predicted molar refractivity (Wildman–Crippen MR) is 20.3 cm³/mol. The van der Waals surface area contributed by atoms with Crippen LogP contribution in [0.25, 0.3) is 0 Å². The van der Waals surface area contributed by atoms with Gasteiger partial charge in [-0.15, -0.1) is 0 Å². The van der Waals surface area contributed by atoms with Crippen LogP contribution in [-0.2, 0) is 17.1 Å². The molecule has 0 nitrogen and oxygen atoms in total. The zero-order chi connectivity index (χ0) is 2.71. The molecular weight excluding hydrogens is 139 g/mol. The first-order valence-electron chi connectivity index (χ1n) is 0.974. The van der Waals surface area contributed by atoms with E-state index in [-0.39, 0.29) is 25.9 Å². The van der Waals surface area contributed by atoms with Gasteiger partial charge in [0.2, 0.25) is 0 Å². The molecule has 0 fully saturated rings. The van der Waals surface area contributed by atoms with Crippen LogP contribution in [0.2, 0.25) is 6.55 Å². The standard InChI is InChI=1S/CH5ClSi.Cu/c1-3-2;/h3H2,1H3;. The van der Waals surface area contributed by atoms with Crippen LogP contribution in [0.3, 0.4) is 0 Å². The largest absolute Gasteiger partial charge is 0.176 e. The maximum atomic E-state index is 5.14. The summed E-state index contributed by atoms with van der Waals surface area (Å²) in [5.41, 5.74) is 0. The molecule has 0 bridgehead atoms. The molecule has 0 heterocycles. The molecule has 0 N–H and O–H groups in total. The third kappa shape index (κ3) is 11.8. The topological polar surface area (TPSA) is 0 Å². The van der Waals surface area contributed by atoms with Gasteiger partial charge in [-0.3, -0.25) is 0 Å². The number of halogens is 1. The summed E-state index contributed by atoms with van der Waals surface area (Å²) in [7, 11) is -0.111. The Bertz CT molecular complexity index is 8.00. The minimum Gasteiger partial charge on any atom is -0.176 e. The smallest absolute Gasteiger partial charge is 0.122 e. The first-order chi connectivity index (χ1) is 1.41. The molecule has 0 rings (SSSR count). The Morgan fingerprint density at radius 1 is 1.75 bits per heavy atom. The Hall–Kier alpha value is 1.03. The van der Waals surface area contributed by atoms with Crippen molar-refractivity contribution in [2.45, 2.75) is 6.55 Å². The van der Waals surface area contributed by atoms with Gasteiger partial charge < -0.3 is 0 Å². The van der Waals surface area contributed by atoms with Gasteiger partial charge in [-0.2, -0.15) is 11.1 Å². The van der Waals surface area contributed by atoms with E-state index in [1.54, 1.807) is 0 Å². The number of hydrogen-bond acceptors (Lipinski definition) is 0. The van der Waals surface area contributed by atoms with Crippen molar-refractivity contribution < 1.29 is 17.1 Å². The number of hydrogen-bond donors (Lipinski definition) is 0. The average molecular weight is 144 g/mol. The second-order valence-corrected chi connectivity index (χ2v) is 2.41. The van der Waals surface area contributed by atoms with Crippen molar-refractivity contribution in [1.82, 2.24) is 0 Å². The van der Waals surface area contributed by atoms with Crippen molar-refractivity contribution in [2.24, 2.45) is 0 Å². The van der Waals surface area contributed by atoms with Gasteiger partial charge in [0, 0.05) is 17.1 Å². The van der Waals surface area contributed by atoms with Crippen molar-refractivity contribution in [3.63, 3.8) is 0 Å². The summed E-state index contributed by atoms with van der Waals surface area (Å²) in [6.07, 6.45) is 0. The summed E-state index contributed by atoms with van der Waals surface area (Å²) in [4.78, 5) is 0. The molecule has 0 saturated carbocycles. The Morgan fingerprint density at radius 2 is 1.75 bits per heavy atom. The van der Waals surface area contributed by atoms with Crippen molar-refractivity contribution in [3.05, 3.63) is 0 Å². The van der Waals surface area contributed by atoms with Crippen LogP contribution < -0.4 is 0 Å². The second kappa shape index (κ2) is 8.98. The van der Waals surface area contributed by atoms with Gasteiger partial charge in [-0.05, 0) is 0 Å². The van der Waals surface area contributed by atoms with Crippen LogP contribution >= 0.6 is 11.1 Å². The van der Waals surface area contributed by atoms with Gasteiger partial charge in [0.05, 0.1) is 0 Å². The summed E-state index contributed by atoms with van der Waals surface area (Å²) in [6.45, 7) is 2.03. The van der Waals surface area contributed by atoms with E-state index in [0.29, 0.717) is 0 Å². The van der Waals surface area contributed by atoms with Crippen LogP contribution in [0.5, 0.6) is 0 Å². The SMILES string of the molecule is C[SiH2]Cl.[Cu]. The van der Waals surface area contributed by atoms with Crippen LogP contribution in [0.1, 0.15) is 0 Å². The molecule has 0 atom stereocenters. The van der Waals surface area contributed by atoms with Crippen molar-refractivity contribution in [2.75, 3.05) is 0 Å². The van der Waals surface area contributed by atoms with E-state index in [1.165, 1.54) is 0 Å². The van der Waals surface area contributed by atoms with Gasteiger partial charge in [-0.25, -0.2) is 0 Å². The molecule has 0 aromatic carbocycles. The third-order valence-electron chi connectivity index (χ3n) is 0. The van der Waals surface area contributed by atoms with E-state index in [0.717, 1.165) is 0 Å². The van der Waals surface area contributed by atoms with Crippen LogP contribution in [-0.4, -0.2) is 8.83 Å². The van der Waals surface area contributed by atoms with E-state index in [1.807, 2.05) is 6.55 Å². The quantitative estimate of drug-likeness (QED) is 0.340. The van der Waals surface area contributed by atoms with E-state index in [2.05, 4.69) is 0 Å². The fraction of sp³-hybridized carbons (Fsp3) is 1.00. The molecule has 4 heavy (non-hydrogen) atoms. The normalized spacial score (nSPS) is 7.50. The fourth-order valence-corrected chi connectivity index (χ4v) is 0. The Balaban J connectivity index is 0. The molecule has 0 amide bonds. The maximum absolute atomic E-state index is 5.14. The molecule has 3 heteroatoms. The van der Waals surface area contributed by atoms with Gasteiger partial charge in [0.25, 0.3) is 0 Å². The first-order valence-corrected chi connectivity index (χ1v) is 4.53. The van der Waals surface area contributed by atoms with E-state index in [9.17, 15) is 0 Å². The maximum Gasteiger partial charge on any atom is 0.122 e. The molecule has 0 aromatic rings. The van der Waals surface area contributed by atoms with Gasteiger partial charge in [0.15, 0.2) is 0 Å². The Kier molecular flexibility index (Phi) is 20.0. The molecule has 0 unspecified atom stereocenters. The minimum atomic E-state index is -0.111. The molecule has 1 radical (unpaired) electrons. The van der Waals surface area contributed by atoms with Crippen LogP contribution in [0.15, 0.2) is 0 Å². The fourth-order valence-electron chi connectivity index (χ4n) is 0. The second-order valence-electron chi connectivity index (χ2n) is 0.267. The molecular formula is CH5ClCuSi. The third-order valence-corrected chi connectivity index (χ3v) is 0. The molecule has 0 aliphatic carbocycles. The van der Waals surface area contributed by atoms with Gasteiger partial charge in [-0.1, -0.05) is 6.55 Å². The van der Waals surface area contributed by atoms with Crippen molar-refractivity contribution in [1.29, 1.82) is 0 Å². The van der Waals surface area contributed by atoms with Crippen LogP contribution in [0, 0.1) is 0 Å². The molecule has 31 valence electrons. The van der Waals surface area contributed by atoms with E-state index < -0.39 is 0 Å². The number of rotatable bonds is 0. The summed E-state index contributed by atoms with van der Waals surface area (Å²) < 4.78 is 0. The van der Waals surface area contributed by atoms with Gasteiger partial charge in [0.1, 0.15) is 8.83 Å². The van der Waals surface area contributed by atoms with Crippen molar-refractivity contribution >= 4 is 19.9 Å². The molecule has 0 spiro atoms. The van der Waals surface area contributed by atoms with Gasteiger partial charge >= 0.3 is 0 Å².